The van der Waals surface area contributed by atoms with Gasteiger partial charge in [-0.05, 0) is 12.8 Å². The molecule has 4 nitrogen and oxygen atoms in total. The minimum Gasteiger partial charge on any atom is -0.369 e. The van der Waals surface area contributed by atoms with Crippen LogP contribution in [0.2, 0.25) is 0 Å². The first-order valence-electron chi connectivity index (χ1n) is 4.27. The predicted molar refractivity (Wildman–Crippen MR) is 54.1 cm³/mol. The molecule has 2 atom stereocenters. The van der Waals surface area contributed by atoms with Gasteiger partial charge in [0.25, 0.3) is 0 Å². The molecule has 2 amide bonds. The Kier molecular flexibility index (Phi) is 5.53. The Bertz CT molecular complexity index is 177. The molecule has 0 spiro atoms. The van der Waals surface area contributed by atoms with Crippen molar-refractivity contribution in [1.29, 1.82) is 0 Å². The second kappa shape index (κ2) is 5.85. The van der Waals surface area contributed by atoms with Crippen LogP contribution in [0.25, 0.3) is 0 Å². The van der Waals surface area contributed by atoms with Crippen molar-refractivity contribution in [3.05, 3.63) is 0 Å². The summed E-state index contributed by atoms with van der Waals surface area (Å²) in [6.45, 7) is 3.71. The highest BCUT2D eigenvalue weighted by molar-refractivity contribution is 8.01. The van der Waals surface area contributed by atoms with Gasteiger partial charge < -0.3 is 11.5 Å². The van der Waals surface area contributed by atoms with Crippen LogP contribution in [0.3, 0.4) is 0 Å². The van der Waals surface area contributed by atoms with E-state index in [1.807, 2.05) is 13.8 Å². The summed E-state index contributed by atoms with van der Waals surface area (Å²) in [4.78, 5) is 21.7. The number of carbonyl (C=O) groups excluding carboxylic acids is 2. The van der Waals surface area contributed by atoms with Gasteiger partial charge in [0.05, 0.1) is 10.5 Å². The quantitative estimate of drug-likeness (QED) is 0.650. The van der Waals surface area contributed by atoms with Gasteiger partial charge >= 0.3 is 0 Å². The standard InChI is InChI=1S/C8H16N2O2S/c1-3-5(7(9)11)13-6(4-2)8(10)12/h5-6H,3-4H2,1-2H3,(H2,9,11)(H2,10,12). The molecule has 0 aromatic heterocycles. The number of amides is 2. The summed E-state index contributed by atoms with van der Waals surface area (Å²) in [5.41, 5.74) is 10.3. The van der Waals surface area contributed by atoms with Crippen LogP contribution in [0.1, 0.15) is 26.7 Å². The van der Waals surface area contributed by atoms with Crippen LogP contribution in [0, 0.1) is 0 Å². The number of hydrogen-bond acceptors (Lipinski definition) is 3. The molecule has 13 heavy (non-hydrogen) atoms. The smallest absolute Gasteiger partial charge is 0.230 e. The molecule has 0 saturated carbocycles. The Morgan fingerprint density at radius 2 is 1.38 bits per heavy atom. The molecule has 0 aliphatic carbocycles. The zero-order valence-corrected chi connectivity index (χ0v) is 8.76. The van der Waals surface area contributed by atoms with Crippen LogP contribution in [0.15, 0.2) is 0 Å². The molecule has 76 valence electrons. The molecule has 2 unspecified atom stereocenters. The maximum atomic E-state index is 10.9. The number of thioether (sulfide) groups is 1. The number of hydrogen-bond donors (Lipinski definition) is 2. The van der Waals surface area contributed by atoms with E-state index in [1.165, 1.54) is 11.8 Å². The van der Waals surface area contributed by atoms with Crippen molar-refractivity contribution in [2.45, 2.75) is 37.2 Å². The van der Waals surface area contributed by atoms with Crippen LogP contribution < -0.4 is 11.5 Å². The monoisotopic (exact) mass is 204 g/mol. The molecule has 0 aromatic carbocycles. The maximum absolute atomic E-state index is 10.9. The van der Waals surface area contributed by atoms with E-state index in [0.29, 0.717) is 12.8 Å². The Balaban J connectivity index is 4.19. The normalized spacial score (nSPS) is 14.9. The van der Waals surface area contributed by atoms with Crippen molar-refractivity contribution in [3.8, 4) is 0 Å². The third kappa shape index (κ3) is 4.17. The van der Waals surface area contributed by atoms with Crippen molar-refractivity contribution in [3.63, 3.8) is 0 Å². The molecule has 0 aromatic rings. The zero-order chi connectivity index (χ0) is 10.4. The van der Waals surface area contributed by atoms with Gasteiger partial charge in [-0.25, -0.2) is 0 Å². The summed E-state index contributed by atoms with van der Waals surface area (Å²) in [5.74, 6) is -0.764. The van der Waals surface area contributed by atoms with Gasteiger partial charge in [0.1, 0.15) is 0 Å². The van der Waals surface area contributed by atoms with Crippen molar-refractivity contribution >= 4 is 23.6 Å². The SMILES string of the molecule is CCC(SC(CC)C(N)=O)C(N)=O. The lowest BCUT2D eigenvalue weighted by atomic mass is 10.3. The largest absolute Gasteiger partial charge is 0.369 e. The van der Waals surface area contributed by atoms with Crippen molar-refractivity contribution < 1.29 is 9.59 Å². The van der Waals surface area contributed by atoms with Crippen LogP contribution in [-0.2, 0) is 9.59 Å². The first kappa shape index (κ1) is 12.3. The molecule has 5 heteroatoms. The lowest BCUT2D eigenvalue weighted by Gasteiger charge is -2.15. The summed E-state index contributed by atoms with van der Waals surface area (Å²) in [7, 11) is 0. The third-order valence-electron chi connectivity index (χ3n) is 1.70. The van der Waals surface area contributed by atoms with Crippen LogP contribution >= 0.6 is 11.8 Å². The molecule has 0 aliphatic heterocycles. The highest BCUT2D eigenvalue weighted by Crippen LogP contribution is 2.22. The summed E-state index contributed by atoms with van der Waals surface area (Å²) in [6.07, 6.45) is 1.26. The lowest BCUT2D eigenvalue weighted by molar-refractivity contribution is -0.117. The van der Waals surface area contributed by atoms with E-state index in [4.69, 9.17) is 11.5 Å². The first-order chi connectivity index (χ1) is 6.02. The molecule has 0 heterocycles. The van der Waals surface area contributed by atoms with E-state index < -0.39 is 0 Å². The fraction of sp³-hybridized carbons (Fsp3) is 0.750. The first-order valence-corrected chi connectivity index (χ1v) is 5.21. The van der Waals surface area contributed by atoms with Crippen LogP contribution in [0.4, 0.5) is 0 Å². The average molecular weight is 204 g/mol. The summed E-state index contributed by atoms with van der Waals surface area (Å²) >= 11 is 1.26. The van der Waals surface area contributed by atoms with Gasteiger partial charge in [0, 0.05) is 0 Å². The molecule has 0 fully saturated rings. The van der Waals surface area contributed by atoms with Crippen molar-refractivity contribution in [2.75, 3.05) is 0 Å². The number of nitrogens with two attached hydrogens (primary N) is 2. The van der Waals surface area contributed by atoms with Crippen molar-refractivity contribution in [2.24, 2.45) is 11.5 Å². The van der Waals surface area contributed by atoms with Gasteiger partial charge in [-0.15, -0.1) is 11.8 Å². The molecular weight excluding hydrogens is 188 g/mol. The number of carbonyl (C=O) groups is 2. The molecule has 0 radical (unpaired) electrons. The molecule has 0 rings (SSSR count). The van der Waals surface area contributed by atoms with E-state index >= 15 is 0 Å². The van der Waals surface area contributed by atoms with Gasteiger partial charge in [-0.3, -0.25) is 9.59 Å². The highest BCUT2D eigenvalue weighted by atomic mass is 32.2. The average Bonchev–Trinajstić information content (AvgIpc) is 2.05. The summed E-state index contributed by atoms with van der Waals surface area (Å²) < 4.78 is 0. The van der Waals surface area contributed by atoms with E-state index in [-0.39, 0.29) is 22.3 Å². The molecule has 4 N–H and O–H groups in total. The van der Waals surface area contributed by atoms with Gasteiger partial charge in [0.15, 0.2) is 0 Å². The second-order valence-electron chi connectivity index (χ2n) is 2.73. The zero-order valence-electron chi connectivity index (χ0n) is 7.95. The summed E-state index contributed by atoms with van der Waals surface area (Å²) in [6, 6.07) is 0. The maximum Gasteiger partial charge on any atom is 0.230 e. The fourth-order valence-electron chi connectivity index (χ4n) is 0.927. The molecule has 0 bridgehead atoms. The second-order valence-corrected chi connectivity index (χ2v) is 4.14. The Hall–Kier alpha value is -0.710. The third-order valence-corrected chi connectivity index (χ3v) is 3.49. The van der Waals surface area contributed by atoms with Crippen LogP contribution in [-0.4, -0.2) is 22.3 Å². The minimum atomic E-state index is -0.382. The fourth-order valence-corrected chi connectivity index (χ4v) is 1.98. The minimum absolute atomic E-state index is 0.308. The lowest BCUT2D eigenvalue weighted by Crippen LogP contribution is -2.32. The van der Waals surface area contributed by atoms with Gasteiger partial charge in [0.2, 0.25) is 11.8 Å². The number of primary amides is 2. The Morgan fingerprint density at radius 1 is 1.08 bits per heavy atom. The van der Waals surface area contributed by atoms with Gasteiger partial charge in [-0.1, -0.05) is 13.8 Å². The van der Waals surface area contributed by atoms with Crippen LogP contribution in [0.5, 0.6) is 0 Å². The van der Waals surface area contributed by atoms with Gasteiger partial charge in [-0.2, -0.15) is 0 Å². The molecular formula is C8H16N2O2S. The van der Waals surface area contributed by atoms with E-state index in [1.54, 1.807) is 0 Å². The predicted octanol–water partition coefficient (Wildman–Crippen LogP) is 0.247. The van der Waals surface area contributed by atoms with E-state index in [2.05, 4.69) is 0 Å². The topological polar surface area (TPSA) is 86.2 Å². The van der Waals surface area contributed by atoms with Crippen molar-refractivity contribution in [1.82, 2.24) is 0 Å². The molecule has 0 saturated heterocycles. The summed E-state index contributed by atoms with van der Waals surface area (Å²) in [5, 5.41) is -0.616. The number of rotatable bonds is 6. The Labute approximate surface area is 82.4 Å². The molecule has 0 aliphatic rings. The Morgan fingerprint density at radius 3 is 1.54 bits per heavy atom. The highest BCUT2D eigenvalue weighted by Gasteiger charge is 2.22. The van der Waals surface area contributed by atoms with E-state index in [0.717, 1.165) is 0 Å². The van der Waals surface area contributed by atoms with E-state index in [9.17, 15) is 9.59 Å².